The Labute approximate surface area is 155 Å². The second-order valence-electron chi connectivity index (χ2n) is 6.18. The van der Waals surface area contributed by atoms with Gasteiger partial charge in [-0.1, -0.05) is 12.1 Å². The molecule has 1 heterocycles. The Hall–Kier alpha value is -2.82. The maximum absolute atomic E-state index is 12.6. The third kappa shape index (κ3) is 5.34. The van der Waals surface area contributed by atoms with E-state index in [0.29, 0.717) is 18.0 Å². The highest BCUT2D eigenvalue weighted by Crippen LogP contribution is 2.27. The van der Waals surface area contributed by atoms with Gasteiger partial charge in [0.2, 0.25) is 5.91 Å². The number of methoxy groups -OCH3 is 2. The first-order valence-electron chi connectivity index (χ1n) is 8.64. The zero-order valence-electron chi connectivity index (χ0n) is 15.8. The van der Waals surface area contributed by atoms with Crippen LogP contribution in [0.15, 0.2) is 48.8 Å². The predicted octanol–water partition coefficient (Wildman–Crippen LogP) is 3.59. The molecule has 5 nitrogen and oxygen atoms in total. The molecule has 0 spiro atoms. The van der Waals surface area contributed by atoms with Crippen molar-refractivity contribution in [1.29, 1.82) is 0 Å². The van der Waals surface area contributed by atoms with Gasteiger partial charge in [-0.2, -0.15) is 0 Å². The minimum absolute atomic E-state index is 0.00988. The van der Waals surface area contributed by atoms with Gasteiger partial charge in [-0.3, -0.25) is 9.78 Å². The van der Waals surface area contributed by atoms with Crippen molar-refractivity contribution in [3.05, 3.63) is 59.9 Å². The summed E-state index contributed by atoms with van der Waals surface area (Å²) in [7, 11) is 3.24. The lowest BCUT2D eigenvalue weighted by Gasteiger charge is -2.25. The molecule has 2 rings (SSSR count). The zero-order valence-corrected chi connectivity index (χ0v) is 15.8. The fourth-order valence-corrected chi connectivity index (χ4v) is 2.65. The third-order valence-corrected chi connectivity index (χ3v) is 4.10. The lowest BCUT2D eigenvalue weighted by Crippen LogP contribution is -2.37. The summed E-state index contributed by atoms with van der Waals surface area (Å²) in [6.45, 7) is 4.66. The van der Waals surface area contributed by atoms with Crippen LogP contribution in [-0.2, 0) is 11.2 Å². The number of aromatic nitrogens is 1. The molecule has 0 N–H and O–H groups in total. The second kappa shape index (κ2) is 9.61. The number of nitrogens with zero attached hydrogens (tertiary/aromatic N) is 2. The van der Waals surface area contributed by atoms with E-state index < -0.39 is 0 Å². The summed E-state index contributed by atoms with van der Waals surface area (Å²) in [5, 5.41) is 0. The minimum atomic E-state index is -0.00988. The molecule has 0 aliphatic carbocycles. The highest BCUT2D eigenvalue weighted by atomic mass is 16.5. The first-order chi connectivity index (χ1) is 12.5. The average Bonchev–Trinajstić information content (AvgIpc) is 2.66. The van der Waals surface area contributed by atoms with Crippen molar-refractivity contribution in [2.24, 2.45) is 0 Å². The Kier molecular flexibility index (Phi) is 7.21. The SMILES string of the molecule is COc1ccc(CCN(C(=O)C=Cc2cccnc2)C(C)C)cc1OC. The van der Waals surface area contributed by atoms with Crippen LogP contribution in [0.25, 0.3) is 6.08 Å². The summed E-state index contributed by atoms with van der Waals surface area (Å²) >= 11 is 0. The topological polar surface area (TPSA) is 51.7 Å². The Bertz CT molecular complexity index is 742. The van der Waals surface area contributed by atoms with Gasteiger partial charge in [0.1, 0.15) is 0 Å². The number of amides is 1. The van der Waals surface area contributed by atoms with Crippen LogP contribution in [-0.4, -0.2) is 42.6 Å². The van der Waals surface area contributed by atoms with Crippen LogP contribution in [0.3, 0.4) is 0 Å². The van der Waals surface area contributed by atoms with E-state index in [4.69, 9.17) is 9.47 Å². The molecule has 1 amide bonds. The molecule has 5 heteroatoms. The van der Waals surface area contributed by atoms with Gasteiger partial charge in [0.15, 0.2) is 11.5 Å². The zero-order chi connectivity index (χ0) is 18.9. The summed E-state index contributed by atoms with van der Waals surface area (Å²) in [4.78, 5) is 18.5. The lowest BCUT2D eigenvalue weighted by molar-refractivity contribution is -0.127. The van der Waals surface area contributed by atoms with Gasteiger partial charge in [0.25, 0.3) is 0 Å². The molecular formula is C21H26N2O3. The average molecular weight is 354 g/mol. The van der Waals surface area contributed by atoms with Crippen molar-refractivity contribution in [3.8, 4) is 11.5 Å². The summed E-state index contributed by atoms with van der Waals surface area (Å²) in [5.74, 6) is 1.39. The van der Waals surface area contributed by atoms with Crippen LogP contribution in [0.4, 0.5) is 0 Å². The fourth-order valence-electron chi connectivity index (χ4n) is 2.65. The largest absolute Gasteiger partial charge is 0.493 e. The van der Waals surface area contributed by atoms with Crippen molar-refractivity contribution >= 4 is 12.0 Å². The molecule has 26 heavy (non-hydrogen) atoms. The van der Waals surface area contributed by atoms with Gasteiger partial charge in [-0.05, 0) is 55.7 Å². The number of hydrogen-bond donors (Lipinski definition) is 0. The number of rotatable bonds is 8. The Morgan fingerprint density at radius 3 is 2.58 bits per heavy atom. The summed E-state index contributed by atoms with van der Waals surface area (Å²) in [6.07, 6.45) is 7.58. The number of pyridine rings is 1. The molecule has 138 valence electrons. The minimum Gasteiger partial charge on any atom is -0.493 e. The molecule has 1 aromatic carbocycles. The molecule has 2 aromatic rings. The molecule has 0 saturated heterocycles. The number of carbonyl (C=O) groups is 1. The first-order valence-corrected chi connectivity index (χ1v) is 8.64. The summed E-state index contributed by atoms with van der Waals surface area (Å²) in [5.41, 5.74) is 2.00. The monoisotopic (exact) mass is 354 g/mol. The van der Waals surface area contributed by atoms with E-state index in [1.807, 2.05) is 49.1 Å². The molecular weight excluding hydrogens is 328 g/mol. The Morgan fingerprint density at radius 2 is 1.96 bits per heavy atom. The van der Waals surface area contributed by atoms with E-state index in [1.54, 1.807) is 38.8 Å². The van der Waals surface area contributed by atoms with E-state index in [-0.39, 0.29) is 11.9 Å². The van der Waals surface area contributed by atoms with Gasteiger partial charge in [0, 0.05) is 31.1 Å². The number of benzene rings is 1. The molecule has 0 saturated carbocycles. The Morgan fingerprint density at radius 1 is 1.19 bits per heavy atom. The van der Waals surface area contributed by atoms with Crippen molar-refractivity contribution in [1.82, 2.24) is 9.88 Å². The highest BCUT2D eigenvalue weighted by Gasteiger charge is 2.15. The quantitative estimate of drug-likeness (QED) is 0.680. The highest BCUT2D eigenvalue weighted by molar-refractivity contribution is 5.91. The van der Waals surface area contributed by atoms with E-state index in [2.05, 4.69) is 4.98 Å². The third-order valence-electron chi connectivity index (χ3n) is 4.10. The van der Waals surface area contributed by atoms with Crippen LogP contribution < -0.4 is 9.47 Å². The lowest BCUT2D eigenvalue weighted by atomic mass is 10.1. The smallest absolute Gasteiger partial charge is 0.246 e. The molecule has 0 radical (unpaired) electrons. The molecule has 0 aliphatic rings. The molecule has 0 bridgehead atoms. The van der Waals surface area contributed by atoms with E-state index in [0.717, 1.165) is 17.5 Å². The molecule has 1 aromatic heterocycles. The number of hydrogen-bond acceptors (Lipinski definition) is 4. The van der Waals surface area contributed by atoms with Gasteiger partial charge >= 0.3 is 0 Å². The van der Waals surface area contributed by atoms with Gasteiger partial charge in [0.05, 0.1) is 14.2 Å². The molecule has 0 aliphatic heterocycles. The standard InChI is InChI=1S/C21H26N2O3/c1-16(2)23(21(24)10-8-18-6-5-12-22-15-18)13-11-17-7-9-19(25-3)20(14-17)26-4/h5-10,12,14-16H,11,13H2,1-4H3. The van der Waals surface area contributed by atoms with Gasteiger partial charge < -0.3 is 14.4 Å². The summed E-state index contributed by atoms with van der Waals surface area (Å²) < 4.78 is 10.6. The van der Waals surface area contributed by atoms with Crippen LogP contribution >= 0.6 is 0 Å². The van der Waals surface area contributed by atoms with E-state index >= 15 is 0 Å². The summed E-state index contributed by atoms with van der Waals surface area (Å²) in [6, 6.07) is 9.71. The number of ether oxygens (including phenoxy) is 2. The molecule has 0 fully saturated rings. The van der Waals surface area contributed by atoms with E-state index in [1.165, 1.54) is 0 Å². The fraction of sp³-hybridized carbons (Fsp3) is 0.333. The van der Waals surface area contributed by atoms with Crippen molar-refractivity contribution in [2.45, 2.75) is 26.3 Å². The van der Waals surface area contributed by atoms with Crippen LogP contribution in [0.1, 0.15) is 25.0 Å². The van der Waals surface area contributed by atoms with Crippen LogP contribution in [0.2, 0.25) is 0 Å². The second-order valence-corrected chi connectivity index (χ2v) is 6.18. The first kappa shape index (κ1) is 19.5. The maximum Gasteiger partial charge on any atom is 0.246 e. The van der Waals surface area contributed by atoms with E-state index in [9.17, 15) is 4.79 Å². The molecule has 0 unspecified atom stereocenters. The maximum atomic E-state index is 12.6. The van der Waals surface area contributed by atoms with Gasteiger partial charge in [-0.25, -0.2) is 0 Å². The van der Waals surface area contributed by atoms with Crippen LogP contribution in [0.5, 0.6) is 11.5 Å². The van der Waals surface area contributed by atoms with Crippen LogP contribution in [0, 0.1) is 0 Å². The predicted molar refractivity (Wildman–Crippen MR) is 103 cm³/mol. The Balaban J connectivity index is 2.04. The molecule has 0 atom stereocenters. The van der Waals surface area contributed by atoms with Crippen molar-refractivity contribution < 1.29 is 14.3 Å². The van der Waals surface area contributed by atoms with Crippen molar-refractivity contribution in [2.75, 3.05) is 20.8 Å². The normalized spacial score (nSPS) is 11.0. The number of carbonyl (C=O) groups excluding carboxylic acids is 1. The van der Waals surface area contributed by atoms with Gasteiger partial charge in [-0.15, -0.1) is 0 Å². The van der Waals surface area contributed by atoms with Crippen molar-refractivity contribution in [3.63, 3.8) is 0 Å².